The molecule has 1 aliphatic carbocycles. The van der Waals surface area contributed by atoms with Gasteiger partial charge in [-0.25, -0.2) is 12.8 Å². The van der Waals surface area contributed by atoms with Gasteiger partial charge in [0, 0.05) is 24.0 Å². The molecule has 206 valence electrons. The van der Waals surface area contributed by atoms with Crippen LogP contribution >= 0.6 is 0 Å². The Morgan fingerprint density at radius 1 is 1.12 bits per heavy atom. The third-order valence-electron chi connectivity index (χ3n) is 7.68. The lowest BCUT2D eigenvalue weighted by Gasteiger charge is -2.23. The van der Waals surface area contributed by atoms with E-state index in [0.29, 0.717) is 28.4 Å². The fourth-order valence-corrected chi connectivity index (χ4v) is 6.34. The Morgan fingerprint density at radius 3 is 2.52 bits per heavy atom. The van der Waals surface area contributed by atoms with Gasteiger partial charge in [0.05, 0.1) is 17.9 Å². The van der Waals surface area contributed by atoms with Crippen molar-refractivity contribution in [1.29, 1.82) is 0 Å². The molecule has 2 aliphatic rings. The van der Waals surface area contributed by atoms with Crippen molar-refractivity contribution in [2.45, 2.75) is 37.8 Å². The van der Waals surface area contributed by atoms with Gasteiger partial charge in [-0.3, -0.25) is 4.79 Å². The SMILES string of the molecule is CS(=O)(=O)N(CC[C@H]1OB(O)c2ccccc21)Cc1cc2oc(-c3ccc(F)cc3)c(C(N)=O)c2cc1C1CC1. The van der Waals surface area contributed by atoms with E-state index in [1.807, 2.05) is 24.3 Å². The zero-order chi connectivity index (χ0) is 28.2. The molecule has 6 rings (SSSR count). The van der Waals surface area contributed by atoms with E-state index in [1.165, 1.54) is 34.8 Å². The number of fused-ring (bicyclic) bond motifs is 2. The Bertz CT molecular complexity index is 1720. The lowest BCUT2D eigenvalue weighted by atomic mass is 9.79. The van der Waals surface area contributed by atoms with Crippen LogP contribution in [0.25, 0.3) is 22.3 Å². The number of carbonyl (C=O) groups excluding carboxylic acids is 1. The van der Waals surface area contributed by atoms with Crippen LogP contribution in [-0.4, -0.2) is 43.6 Å². The molecule has 3 N–H and O–H groups in total. The van der Waals surface area contributed by atoms with E-state index in [1.54, 1.807) is 12.1 Å². The summed E-state index contributed by atoms with van der Waals surface area (Å²) in [5.74, 6) is -0.590. The Labute approximate surface area is 231 Å². The first-order chi connectivity index (χ1) is 19.1. The normalized spacial score (nSPS) is 17.1. The van der Waals surface area contributed by atoms with Crippen molar-refractivity contribution in [3.8, 4) is 11.3 Å². The van der Waals surface area contributed by atoms with Crippen molar-refractivity contribution in [2.75, 3.05) is 12.8 Å². The second kappa shape index (κ2) is 10.2. The van der Waals surface area contributed by atoms with Gasteiger partial charge in [0.15, 0.2) is 0 Å². The summed E-state index contributed by atoms with van der Waals surface area (Å²) < 4.78 is 52.5. The Hall–Kier alpha value is -3.51. The summed E-state index contributed by atoms with van der Waals surface area (Å²) in [5, 5.41) is 10.8. The number of rotatable bonds is 9. The highest BCUT2D eigenvalue weighted by Crippen LogP contribution is 2.45. The van der Waals surface area contributed by atoms with Gasteiger partial charge in [0.1, 0.15) is 17.2 Å². The molecule has 1 aromatic heterocycles. The fourth-order valence-electron chi connectivity index (χ4n) is 5.53. The first-order valence-electron chi connectivity index (χ1n) is 13.1. The summed E-state index contributed by atoms with van der Waals surface area (Å²) in [7, 11) is -4.65. The van der Waals surface area contributed by atoms with Gasteiger partial charge in [0.2, 0.25) is 10.0 Å². The van der Waals surface area contributed by atoms with Gasteiger partial charge < -0.3 is 19.8 Å². The van der Waals surface area contributed by atoms with E-state index >= 15 is 0 Å². The topological polar surface area (TPSA) is 123 Å². The number of furan rings is 1. The summed E-state index contributed by atoms with van der Waals surface area (Å²) >= 11 is 0. The van der Waals surface area contributed by atoms with Crippen LogP contribution in [0.15, 0.2) is 65.1 Å². The van der Waals surface area contributed by atoms with Crippen molar-refractivity contribution in [3.05, 3.63) is 88.7 Å². The Morgan fingerprint density at radius 2 is 1.85 bits per heavy atom. The van der Waals surface area contributed by atoms with E-state index in [-0.39, 0.29) is 30.3 Å². The molecule has 1 saturated carbocycles. The number of sulfonamides is 1. The number of amides is 1. The molecule has 3 aromatic carbocycles. The molecule has 1 amide bonds. The molecular weight excluding hydrogens is 534 g/mol. The minimum Gasteiger partial charge on any atom is -0.455 e. The van der Waals surface area contributed by atoms with E-state index in [9.17, 15) is 22.6 Å². The van der Waals surface area contributed by atoms with E-state index in [2.05, 4.69) is 0 Å². The highest BCUT2D eigenvalue weighted by atomic mass is 32.2. The smallest absolute Gasteiger partial charge is 0.455 e. The van der Waals surface area contributed by atoms with Crippen LogP contribution in [0, 0.1) is 5.82 Å². The van der Waals surface area contributed by atoms with Crippen LogP contribution < -0.4 is 11.2 Å². The van der Waals surface area contributed by atoms with Crippen molar-refractivity contribution < 1.29 is 31.7 Å². The predicted octanol–water partition coefficient (Wildman–Crippen LogP) is 3.83. The summed E-state index contributed by atoms with van der Waals surface area (Å²) in [6.07, 6.45) is 3.02. The summed E-state index contributed by atoms with van der Waals surface area (Å²) in [6.45, 7) is 0.286. The molecule has 40 heavy (non-hydrogen) atoms. The van der Waals surface area contributed by atoms with Crippen LogP contribution in [0.1, 0.15) is 58.3 Å². The Balaban J connectivity index is 1.35. The third-order valence-corrected chi connectivity index (χ3v) is 8.93. The maximum Gasteiger partial charge on any atom is 0.491 e. The zero-order valence-electron chi connectivity index (χ0n) is 21.8. The summed E-state index contributed by atoms with van der Waals surface area (Å²) in [4.78, 5) is 12.5. The van der Waals surface area contributed by atoms with Crippen LogP contribution in [-0.2, 0) is 21.2 Å². The third kappa shape index (κ3) is 5.06. The Kier molecular flexibility index (Phi) is 6.78. The molecule has 0 radical (unpaired) electrons. The lowest BCUT2D eigenvalue weighted by Crippen LogP contribution is -2.32. The highest BCUT2D eigenvalue weighted by molar-refractivity contribution is 7.88. The van der Waals surface area contributed by atoms with E-state index in [4.69, 9.17) is 14.8 Å². The molecule has 1 fully saturated rings. The molecule has 0 unspecified atom stereocenters. The highest BCUT2D eigenvalue weighted by Gasteiger charge is 2.36. The minimum absolute atomic E-state index is 0.107. The number of hydrogen-bond acceptors (Lipinski definition) is 6. The number of benzene rings is 3. The van der Waals surface area contributed by atoms with Gasteiger partial charge in [-0.2, -0.15) is 4.31 Å². The number of carbonyl (C=O) groups is 1. The second-order valence-electron chi connectivity index (χ2n) is 10.5. The van der Waals surface area contributed by atoms with E-state index < -0.39 is 35.0 Å². The zero-order valence-corrected chi connectivity index (χ0v) is 22.7. The van der Waals surface area contributed by atoms with Gasteiger partial charge >= 0.3 is 7.12 Å². The predicted molar refractivity (Wildman–Crippen MR) is 150 cm³/mol. The molecule has 0 bridgehead atoms. The standard InChI is InChI=1S/C29H28BFN2O6S/c1-40(36,37)33(13-12-25-21-4-2-3-5-24(21)30(35)39-25)16-19-14-26-23(15-22(19)17-6-7-17)27(29(32)34)28(38-26)18-8-10-20(31)11-9-18/h2-5,8-11,14-15,17,25,35H,6-7,12-13,16H2,1H3,(H2,32,34)/t25-/m1/s1. The van der Waals surface area contributed by atoms with Gasteiger partial charge in [0.25, 0.3) is 5.91 Å². The monoisotopic (exact) mass is 562 g/mol. The molecule has 1 aliphatic heterocycles. The molecule has 1 atom stereocenters. The first kappa shape index (κ1) is 26.7. The number of halogens is 1. The van der Waals surface area contributed by atoms with Crippen LogP contribution in [0.3, 0.4) is 0 Å². The summed E-state index contributed by atoms with van der Waals surface area (Å²) in [5.41, 5.74) is 10.2. The number of nitrogens with two attached hydrogens (primary N) is 1. The van der Waals surface area contributed by atoms with Crippen molar-refractivity contribution in [2.24, 2.45) is 5.73 Å². The molecule has 8 nitrogen and oxygen atoms in total. The first-order valence-corrected chi connectivity index (χ1v) is 15.0. The number of primary amides is 1. The molecule has 11 heteroatoms. The van der Waals surface area contributed by atoms with Crippen molar-refractivity contribution in [3.63, 3.8) is 0 Å². The van der Waals surface area contributed by atoms with Gasteiger partial charge in [-0.05, 0) is 83.7 Å². The quantitative estimate of drug-likeness (QED) is 0.299. The van der Waals surface area contributed by atoms with Crippen LogP contribution in [0.5, 0.6) is 0 Å². The molecule has 0 spiro atoms. The maximum absolute atomic E-state index is 13.5. The average Bonchev–Trinajstić information content (AvgIpc) is 3.61. The average molecular weight is 562 g/mol. The largest absolute Gasteiger partial charge is 0.491 e. The van der Waals surface area contributed by atoms with Gasteiger partial charge in [-0.15, -0.1) is 0 Å². The van der Waals surface area contributed by atoms with E-state index in [0.717, 1.165) is 29.5 Å². The van der Waals surface area contributed by atoms with Gasteiger partial charge in [-0.1, -0.05) is 24.3 Å². The van der Waals surface area contributed by atoms with Crippen molar-refractivity contribution >= 4 is 39.5 Å². The maximum atomic E-state index is 13.5. The lowest BCUT2D eigenvalue weighted by molar-refractivity contribution is 0.100. The fraction of sp³-hybridized carbons (Fsp3) is 0.276. The molecule has 0 saturated heterocycles. The molecule has 2 heterocycles. The molecular formula is C29H28BFN2O6S. The van der Waals surface area contributed by atoms with Crippen LogP contribution in [0.2, 0.25) is 0 Å². The molecule has 4 aromatic rings. The minimum atomic E-state index is -3.61. The van der Waals surface area contributed by atoms with Crippen LogP contribution in [0.4, 0.5) is 4.39 Å². The number of hydrogen-bond donors (Lipinski definition) is 2. The second-order valence-corrected chi connectivity index (χ2v) is 12.5. The number of nitrogens with zero attached hydrogens (tertiary/aromatic N) is 1. The van der Waals surface area contributed by atoms with Crippen molar-refractivity contribution in [1.82, 2.24) is 4.31 Å². The summed E-state index contributed by atoms with van der Waals surface area (Å²) in [6, 6.07) is 16.6.